The van der Waals surface area contributed by atoms with E-state index in [4.69, 9.17) is 4.74 Å². The Bertz CT molecular complexity index is 246. The normalized spacial score (nSPS) is 24.6. The van der Waals surface area contributed by atoms with Gasteiger partial charge in [-0.3, -0.25) is 4.79 Å². The van der Waals surface area contributed by atoms with E-state index in [-0.39, 0.29) is 11.9 Å². The number of hydrogen-bond acceptors (Lipinski definition) is 3. The van der Waals surface area contributed by atoms with Crippen LogP contribution in [0, 0.1) is 0 Å². The molecule has 0 radical (unpaired) electrons. The Morgan fingerprint density at radius 1 is 1.24 bits per heavy atom. The monoisotopic (exact) mass is 240 g/mol. The first-order valence-electron chi connectivity index (χ1n) is 6.90. The summed E-state index contributed by atoms with van der Waals surface area (Å²) in [4.78, 5) is 14.1. The summed E-state index contributed by atoms with van der Waals surface area (Å²) in [5.41, 5.74) is 0. The van der Waals surface area contributed by atoms with Crippen LogP contribution in [0.3, 0.4) is 0 Å². The lowest BCUT2D eigenvalue weighted by Gasteiger charge is -2.32. The van der Waals surface area contributed by atoms with Gasteiger partial charge in [-0.05, 0) is 19.8 Å². The lowest BCUT2D eigenvalue weighted by Crippen LogP contribution is -2.51. The van der Waals surface area contributed by atoms with E-state index in [0.29, 0.717) is 19.3 Å². The molecular weight excluding hydrogens is 216 g/mol. The van der Waals surface area contributed by atoms with Crippen molar-refractivity contribution in [1.29, 1.82) is 0 Å². The predicted octanol–water partition coefficient (Wildman–Crippen LogP) is 1.16. The molecule has 0 spiro atoms. The average Bonchev–Trinajstić information content (AvgIpc) is 2.40. The highest BCUT2D eigenvalue weighted by Gasteiger charge is 2.24. The van der Waals surface area contributed by atoms with Crippen LogP contribution in [0.5, 0.6) is 0 Å². The summed E-state index contributed by atoms with van der Waals surface area (Å²) in [6.45, 7) is 4.85. The standard InChI is InChI=1S/C13H24N2O2/c1-11(14-12-5-3-2-4-6-12)13(16)15-7-9-17-10-8-15/h11-12,14H,2-10H2,1H3/t11-/m0/s1. The second-order valence-electron chi connectivity index (χ2n) is 5.16. The second-order valence-corrected chi connectivity index (χ2v) is 5.16. The fraction of sp³-hybridized carbons (Fsp3) is 0.923. The molecule has 4 nitrogen and oxygen atoms in total. The fourth-order valence-corrected chi connectivity index (χ4v) is 2.75. The zero-order valence-electron chi connectivity index (χ0n) is 10.8. The van der Waals surface area contributed by atoms with Gasteiger partial charge in [0, 0.05) is 19.1 Å². The van der Waals surface area contributed by atoms with Crippen molar-refractivity contribution in [2.45, 2.75) is 51.1 Å². The molecule has 98 valence electrons. The first-order valence-corrected chi connectivity index (χ1v) is 6.90. The molecule has 0 aromatic heterocycles. The molecule has 2 fully saturated rings. The lowest BCUT2D eigenvalue weighted by molar-refractivity contribution is -0.137. The molecule has 0 aromatic carbocycles. The van der Waals surface area contributed by atoms with Crippen LogP contribution in [0.25, 0.3) is 0 Å². The van der Waals surface area contributed by atoms with Crippen LogP contribution in [0.2, 0.25) is 0 Å². The Morgan fingerprint density at radius 3 is 2.53 bits per heavy atom. The molecule has 17 heavy (non-hydrogen) atoms. The number of nitrogens with one attached hydrogen (secondary N) is 1. The number of ether oxygens (including phenoxy) is 1. The zero-order chi connectivity index (χ0) is 12.1. The SMILES string of the molecule is C[C@H](NC1CCCCC1)C(=O)N1CCOCC1. The van der Waals surface area contributed by atoms with Crippen LogP contribution in [-0.2, 0) is 9.53 Å². The van der Waals surface area contributed by atoms with Crippen molar-refractivity contribution in [3.63, 3.8) is 0 Å². The molecule has 1 amide bonds. The first-order chi connectivity index (χ1) is 8.27. The molecule has 0 bridgehead atoms. The highest BCUT2D eigenvalue weighted by molar-refractivity contribution is 5.81. The Kier molecular flexibility index (Phi) is 4.80. The number of hydrogen-bond donors (Lipinski definition) is 1. The third-order valence-electron chi connectivity index (χ3n) is 3.78. The van der Waals surface area contributed by atoms with Gasteiger partial charge in [-0.15, -0.1) is 0 Å². The van der Waals surface area contributed by atoms with Crippen molar-refractivity contribution in [3.05, 3.63) is 0 Å². The molecule has 4 heteroatoms. The lowest BCUT2D eigenvalue weighted by atomic mass is 9.95. The van der Waals surface area contributed by atoms with Gasteiger partial charge in [-0.1, -0.05) is 19.3 Å². The molecule has 1 atom stereocenters. The second kappa shape index (κ2) is 6.36. The zero-order valence-corrected chi connectivity index (χ0v) is 10.8. The number of carbonyl (C=O) groups excluding carboxylic acids is 1. The van der Waals surface area contributed by atoms with Crippen LogP contribution >= 0.6 is 0 Å². The molecular formula is C13H24N2O2. The van der Waals surface area contributed by atoms with Crippen molar-refractivity contribution in [1.82, 2.24) is 10.2 Å². The van der Waals surface area contributed by atoms with Gasteiger partial charge in [0.2, 0.25) is 5.91 Å². The maximum atomic E-state index is 12.2. The van der Waals surface area contributed by atoms with E-state index in [1.54, 1.807) is 0 Å². The molecule has 0 unspecified atom stereocenters. The maximum Gasteiger partial charge on any atom is 0.239 e. The largest absolute Gasteiger partial charge is 0.378 e. The first kappa shape index (κ1) is 12.8. The van der Waals surface area contributed by atoms with E-state index in [9.17, 15) is 4.79 Å². The van der Waals surface area contributed by atoms with Gasteiger partial charge in [-0.25, -0.2) is 0 Å². The Morgan fingerprint density at radius 2 is 1.88 bits per heavy atom. The van der Waals surface area contributed by atoms with Crippen molar-refractivity contribution < 1.29 is 9.53 Å². The molecule has 0 aromatic rings. The molecule has 1 aliphatic heterocycles. The number of morpholine rings is 1. The Labute approximate surface area is 104 Å². The number of carbonyl (C=O) groups is 1. The topological polar surface area (TPSA) is 41.6 Å². The van der Waals surface area contributed by atoms with Crippen LogP contribution in [0.4, 0.5) is 0 Å². The molecule has 1 saturated heterocycles. The van der Waals surface area contributed by atoms with E-state index in [1.807, 2.05) is 11.8 Å². The molecule has 1 heterocycles. The molecule has 1 N–H and O–H groups in total. The smallest absolute Gasteiger partial charge is 0.239 e. The van der Waals surface area contributed by atoms with Crippen LogP contribution < -0.4 is 5.32 Å². The van der Waals surface area contributed by atoms with Crippen molar-refractivity contribution in [2.24, 2.45) is 0 Å². The maximum absolute atomic E-state index is 12.2. The van der Waals surface area contributed by atoms with Gasteiger partial charge in [0.25, 0.3) is 0 Å². The predicted molar refractivity (Wildman–Crippen MR) is 66.9 cm³/mol. The quantitative estimate of drug-likeness (QED) is 0.805. The molecule has 2 aliphatic rings. The van der Waals surface area contributed by atoms with Crippen molar-refractivity contribution in [2.75, 3.05) is 26.3 Å². The minimum Gasteiger partial charge on any atom is -0.378 e. The van der Waals surface area contributed by atoms with Gasteiger partial charge in [-0.2, -0.15) is 0 Å². The summed E-state index contributed by atoms with van der Waals surface area (Å²) in [6.07, 6.45) is 6.40. The average molecular weight is 240 g/mol. The van der Waals surface area contributed by atoms with Crippen molar-refractivity contribution in [3.8, 4) is 0 Å². The summed E-state index contributed by atoms with van der Waals surface area (Å²) < 4.78 is 5.27. The summed E-state index contributed by atoms with van der Waals surface area (Å²) in [7, 11) is 0. The third kappa shape index (κ3) is 3.68. The summed E-state index contributed by atoms with van der Waals surface area (Å²) in [5, 5.41) is 3.48. The fourth-order valence-electron chi connectivity index (χ4n) is 2.75. The van der Waals surface area contributed by atoms with Gasteiger partial charge in [0.1, 0.15) is 0 Å². The molecule has 2 rings (SSSR count). The minimum absolute atomic E-state index is 0.0452. The Balaban J connectivity index is 1.77. The van der Waals surface area contributed by atoms with E-state index in [2.05, 4.69) is 5.32 Å². The number of amides is 1. The highest BCUT2D eigenvalue weighted by atomic mass is 16.5. The summed E-state index contributed by atoms with van der Waals surface area (Å²) in [5.74, 6) is 0.235. The minimum atomic E-state index is -0.0452. The molecule has 1 saturated carbocycles. The van der Waals surface area contributed by atoms with E-state index < -0.39 is 0 Å². The summed E-state index contributed by atoms with van der Waals surface area (Å²) in [6, 6.07) is 0.500. The molecule has 1 aliphatic carbocycles. The van der Waals surface area contributed by atoms with Gasteiger partial charge in [0.05, 0.1) is 19.3 Å². The van der Waals surface area contributed by atoms with Crippen LogP contribution in [0.15, 0.2) is 0 Å². The van der Waals surface area contributed by atoms with Crippen molar-refractivity contribution >= 4 is 5.91 Å². The number of rotatable bonds is 3. The van der Waals surface area contributed by atoms with Gasteiger partial charge < -0.3 is 15.0 Å². The van der Waals surface area contributed by atoms with Crippen LogP contribution in [-0.4, -0.2) is 49.2 Å². The van der Waals surface area contributed by atoms with E-state index in [1.165, 1.54) is 32.1 Å². The van der Waals surface area contributed by atoms with Gasteiger partial charge >= 0.3 is 0 Å². The highest BCUT2D eigenvalue weighted by Crippen LogP contribution is 2.18. The van der Waals surface area contributed by atoms with Gasteiger partial charge in [0.15, 0.2) is 0 Å². The van der Waals surface area contributed by atoms with Crippen LogP contribution in [0.1, 0.15) is 39.0 Å². The number of nitrogens with zero attached hydrogens (tertiary/aromatic N) is 1. The van der Waals surface area contributed by atoms with E-state index in [0.717, 1.165) is 13.1 Å². The third-order valence-corrected chi connectivity index (χ3v) is 3.78. The van der Waals surface area contributed by atoms with E-state index >= 15 is 0 Å². The summed E-state index contributed by atoms with van der Waals surface area (Å²) >= 11 is 0. The Hall–Kier alpha value is -0.610.